The van der Waals surface area contributed by atoms with Crippen molar-refractivity contribution in [3.63, 3.8) is 0 Å². The van der Waals surface area contributed by atoms with Crippen molar-refractivity contribution in [3.05, 3.63) is 11.7 Å². The van der Waals surface area contributed by atoms with Gasteiger partial charge in [0.2, 0.25) is 5.89 Å². The molecular weight excluding hydrogens is 338 g/mol. The van der Waals surface area contributed by atoms with Gasteiger partial charge < -0.3 is 9.26 Å². The molecule has 0 bridgehead atoms. The summed E-state index contributed by atoms with van der Waals surface area (Å²) in [5.41, 5.74) is 0. The first kappa shape index (κ1) is 19.4. The van der Waals surface area contributed by atoms with Crippen LogP contribution < -0.4 is 0 Å². The van der Waals surface area contributed by atoms with Crippen LogP contribution in [-0.4, -0.2) is 33.7 Å². The molecule has 3 atom stereocenters. The van der Waals surface area contributed by atoms with Gasteiger partial charge in [0.15, 0.2) is 5.82 Å². The van der Waals surface area contributed by atoms with E-state index in [0.717, 1.165) is 30.3 Å². The molecule has 152 valence electrons. The quantitative estimate of drug-likeness (QED) is 0.619. The second-order valence-electron chi connectivity index (χ2n) is 8.96. The molecule has 0 aromatic carbocycles. The van der Waals surface area contributed by atoms with Crippen LogP contribution in [0.3, 0.4) is 0 Å². The molecule has 0 unspecified atom stereocenters. The Morgan fingerprint density at radius 1 is 1.04 bits per heavy atom. The van der Waals surface area contributed by atoms with Gasteiger partial charge in [0, 0.05) is 18.7 Å². The van der Waals surface area contributed by atoms with Crippen molar-refractivity contribution in [2.24, 2.45) is 11.8 Å². The average molecular weight is 376 g/mol. The van der Waals surface area contributed by atoms with Crippen molar-refractivity contribution in [3.8, 4) is 0 Å². The molecular formula is C22H37N3O2. The molecule has 3 aliphatic rings. The summed E-state index contributed by atoms with van der Waals surface area (Å²) in [4.78, 5) is 7.42. The predicted molar refractivity (Wildman–Crippen MR) is 105 cm³/mol. The third kappa shape index (κ3) is 4.73. The Morgan fingerprint density at radius 3 is 2.52 bits per heavy atom. The number of rotatable bonds is 8. The summed E-state index contributed by atoms with van der Waals surface area (Å²) in [6.07, 6.45) is 15.4. The van der Waals surface area contributed by atoms with Crippen LogP contribution >= 0.6 is 0 Å². The van der Waals surface area contributed by atoms with Gasteiger partial charge in [-0.2, -0.15) is 4.98 Å². The second kappa shape index (κ2) is 9.04. The molecule has 0 radical (unpaired) electrons. The average Bonchev–Trinajstić information content (AvgIpc) is 3.44. The van der Waals surface area contributed by atoms with Gasteiger partial charge in [0.25, 0.3) is 0 Å². The van der Waals surface area contributed by atoms with Crippen molar-refractivity contribution in [2.75, 3.05) is 6.61 Å². The molecule has 1 heterocycles. The fraction of sp³-hybridized carbons (Fsp3) is 0.909. The summed E-state index contributed by atoms with van der Waals surface area (Å²) in [5.74, 6) is 3.29. The Bertz CT molecular complexity index is 580. The normalized spacial score (nSPS) is 28.6. The molecule has 3 saturated carbocycles. The summed E-state index contributed by atoms with van der Waals surface area (Å²) in [6, 6.07) is 1.45. The third-order valence-corrected chi connectivity index (χ3v) is 7.06. The Hall–Kier alpha value is -0.940. The van der Waals surface area contributed by atoms with E-state index in [1.54, 1.807) is 0 Å². The monoisotopic (exact) mass is 375 g/mol. The predicted octanol–water partition coefficient (Wildman–Crippen LogP) is 5.27. The summed E-state index contributed by atoms with van der Waals surface area (Å²) < 4.78 is 11.2. The maximum atomic E-state index is 5.63. The number of aromatic nitrogens is 2. The van der Waals surface area contributed by atoms with Crippen LogP contribution in [0, 0.1) is 11.8 Å². The molecule has 0 amide bonds. The van der Waals surface area contributed by atoms with E-state index in [9.17, 15) is 0 Å². The van der Waals surface area contributed by atoms with Gasteiger partial charge in [-0.15, -0.1) is 0 Å². The summed E-state index contributed by atoms with van der Waals surface area (Å²) in [7, 11) is 0. The van der Waals surface area contributed by atoms with E-state index in [-0.39, 0.29) is 6.10 Å². The zero-order chi connectivity index (χ0) is 18.6. The lowest BCUT2D eigenvalue weighted by Crippen LogP contribution is -2.46. The molecule has 4 rings (SSSR count). The molecule has 5 heteroatoms. The fourth-order valence-electron chi connectivity index (χ4n) is 5.57. The molecule has 5 nitrogen and oxygen atoms in total. The van der Waals surface area contributed by atoms with Gasteiger partial charge in [0.05, 0.1) is 6.54 Å². The highest BCUT2D eigenvalue weighted by atomic mass is 16.5. The van der Waals surface area contributed by atoms with Crippen LogP contribution in [0.5, 0.6) is 0 Å². The van der Waals surface area contributed by atoms with Crippen molar-refractivity contribution in [1.82, 2.24) is 15.0 Å². The van der Waals surface area contributed by atoms with E-state index >= 15 is 0 Å². The maximum absolute atomic E-state index is 5.63. The van der Waals surface area contributed by atoms with Gasteiger partial charge in [-0.05, 0) is 51.4 Å². The minimum absolute atomic E-state index is 0.0912. The minimum Gasteiger partial charge on any atom is -0.371 e. The van der Waals surface area contributed by atoms with Crippen LogP contribution in [0.25, 0.3) is 0 Å². The molecule has 0 spiro atoms. The second-order valence-corrected chi connectivity index (χ2v) is 8.96. The summed E-state index contributed by atoms with van der Waals surface area (Å²) >= 11 is 0. The lowest BCUT2D eigenvalue weighted by Gasteiger charge is -2.44. The summed E-state index contributed by atoms with van der Waals surface area (Å²) in [6.45, 7) is 5.49. The van der Waals surface area contributed by atoms with Gasteiger partial charge in [-0.25, -0.2) is 0 Å². The summed E-state index contributed by atoms with van der Waals surface area (Å²) in [5, 5.41) is 4.18. The topological polar surface area (TPSA) is 51.4 Å². The highest BCUT2D eigenvalue weighted by Crippen LogP contribution is 2.43. The van der Waals surface area contributed by atoms with E-state index in [4.69, 9.17) is 9.26 Å². The number of nitrogens with zero attached hydrogens (tertiary/aromatic N) is 3. The number of ether oxygens (including phenoxy) is 1. The zero-order valence-corrected chi connectivity index (χ0v) is 17.2. The molecule has 3 fully saturated rings. The van der Waals surface area contributed by atoms with Crippen LogP contribution in [0.4, 0.5) is 0 Å². The first-order valence-corrected chi connectivity index (χ1v) is 11.5. The van der Waals surface area contributed by atoms with E-state index in [0.29, 0.717) is 18.5 Å². The highest BCUT2D eigenvalue weighted by Gasteiger charge is 2.41. The van der Waals surface area contributed by atoms with Crippen LogP contribution in [0.2, 0.25) is 0 Å². The van der Waals surface area contributed by atoms with Crippen molar-refractivity contribution in [2.45, 2.75) is 109 Å². The Morgan fingerprint density at radius 2 is 1.78 bits per heavy atom. The molecule has 0 saturated heterocycles. The van der Waals surface area contributed by atoms with Crippen molar-refractivity contribution < 1.29 is 9.26 Å². The molecule has 0 aliphatic heterocycles. The van der Waals surface area contributed by atoms with Crippen molar-refractivity contribution >= 4 is 0 Å². The molecule has 1 aromatic heterocycles. The Balaban J connectivity index is 1.46. The molecule has 0 N–H and O–H groups in total. The lowest BCUT2D eigenvalue weighted by atomic mass is 9.70. The van der Waals surface area contributed by atoms with Crippen LogP contribution in [0.1, 0.15) is 102 Å². The van der Waals surface area contributed by atoms with Gasteiger partial charge in [-0.1, -0.05) is 50.1 Å². The van der Waals surface area contributed by atoms with E-state index in [2.05, 4.69) is 15.0 Å². The van der Waals surface area contributed by atoms with E-state index < -0.39 is 0 Å². The third-order valence-electron chi connectivity index (χ3n) is 7.06. The van der Waals surface area contributed by atoms with Crippen LogP contribution in [-0.2, 0) is 11.3 Å². The smallest absolute Gasteiger partial charge is 0.240 e. The van der Waals surface area contributed by atoms with Crippen LogP contribution in [0.15, 0.2) is 4.52 Å². The number of hydrogen-bond donors (Lipinski definition) is 0. The largest absolute Gasteiger partial charge is 0.371 e. The SMILES string of the molecule is CCO[C@H](C)c1noc(CN(C2CC2)[C@H]2CCCC[C@H]2C2CCCCC2)n1. The first-order valence-electron chi connectivity index (χ1n) is 11.5. The minimum atomic E-state index is -0.0912. The zero-order valence-electron chi connectivity index (χ0n) is 17.2. The van der Waals surface area contributed by atoms with E-state index in [1.165, 1.54) is 70.6 Å². The molecule has 3 aliphatic carbocycles. The Labute approximate surface area is 164 Å². The maximum Gasteiger partial charge on any atom is 0.240 e. The van der Waals surface area contributed by atoms with Crippen molar-refractivity contribution in [1.29, 1.82) is 0 Å². The number of hydrogen-bond acceptors (Lipinski definition) is 5. The van der Waals surface area contributed by atoms with Gasteiger partial charge >= 0.3 is 0 Å². The Kier molecular flexibility index (Phi) is 6.49. The molecule has 27 heavy (non-hydrogen) atoms. The standard InChI is InChI=1S/C22H37N3O2/c1-3-26-16(2)22-23-21(27-24-22)15-25(18-13-14-18)20-12-8-7-11-19(20)17-9-5-4-6-10-17/h16-20H,3-15H2,1-2H3/t16-,19+,20+/m1/s1. The first-order chi connectivity index (χ1) is 13.3. The molecule has 1 aromatic rings. The lowest BCUT2D eigenvalue weighted by molar-refractivity contribution is 0.0390. The fourth-order valence-corrected chi connectivity index (χ4v) is 5.57. The van der Waals surface area contributed by atoms with Gasteiger partial charge in [0.1, 0.15) is 6.10 Å². The van der Waals surface area contributed by atoms with Gasteiger partial charge in [-0.3, -0.25) is 4.90 Å². The van der Waals surface area contributed by atoms with E-state index in [1.807, 2.05) is 13.8 Å². The highest BCUT2D eigenvalue weighted by molar-refractivity contribution is 4.98.